The molecule has 0 aliphatic heterocycles. The van der Waals surface area contributed by atoms with Gasteiger partial charge in [-0.2, -0.15) is 0 Å². The summed E-state index contributed by atoms with van der Waals surface area (Å²) in [4.78, 5) is 196. The summed E-state index contributed by atoms with van der Waals surface area (Å²) in [5.41, 5.74) is 6.36. The van der Waals surface area contributed by atoms with E-state index in [0.717, 1.165) is 62.6 Å². The third kappa shape index (κ3) is 36.8. The largest absolute Gasteiger partial charge is 0.426 e. The van der Waals surface area contributed by atoms with Crippen LogP contribution in [0.5, 0.6) is 46.0 Å². The van der Waals surface area contributed by atoms with Crippen LogP contribution in [-0.2, 0) is 54.6 Å². The number of aryl methyl sites for hydroxylation is 1. The smallest absolute Gasteiger partial charge is 0.347 e. The molecule has 0 fully saturated rings. The minimum absolute atomic E-state index is 0.0328. The zero-order valence-corrected chi connectivity index (χ0v) is 84.1. The Morgan fingerprint density at radius 2 is 0.648 bits per heavy atom. The predicted octanol–water partition coefficient (Wildman–Crippen LogP) is 20.4. The second-order valence-electron chi connectivity index (χ2n) is 28.5. The first-order valence-electron chi connectivity index (χ1n) is 40.6. The van der Waals surface area contributed by atoms with E-state index in [4.69, 9.17) is 86.8 Å². The van der Waals surface area contributed by atoms with Crippen molar-refractivity contribution in [3.8, 4) is 87.8 Å². The van der Waals surface area contributed by atoms with Crippen LogP contribution in [-0.4, -0.2) is 152 Å². The zero-order valence-electron chi connectivity index (χ0n) is 74.3. The summed E-state index contributed by atoms with van der Waals surface area (Å²) in [5, 5.41) is 58.6. The molecule has 1 N–H and O–H groups in total. The number of esters is 8. The molecule has 12 rings (SSSR count). The molecule has 12 aromatic rings. The number of rotatable bonds is 44. The maximum Gasteiger partial charge on any atom is 0.347 e. The number of carbonyl (C=O) groups excluding carboxylic acids is 8. The van der Waals surface area contributed by atoms with E-state index in [9.17, 15) is 99.0 Å². The summed E-state index contributed by atoms with van der Waals surface area (Å²) in [6, 6.07) is 53.5. The Morgan fingerprint density at radius 3 is 0.979 bits per heavy atom. The van der Waals surface area contributed by atoms with Gasteiger partial charge in [0, 0.05) is 96.8 Å². The van der Waals surface area contributed by atoms with Gasteiger partial charge < -0.3 is 82.0 Å². The van der Waals surface area contributed by atoms with Crippen molar-refractivity contribution in [3.63, 3.8) is 0 Å². The van der Waals surface area contributed by atoms with E-state index in [0.29, 0.717) is 35.0 Å². The first-order valence-corrected chi connectivity index (χ1v) is 50.8. The highest BCUT2D eigenvalue weighted by atomic mass is 32.9. The minimum atomic E-state index is -1.62. The summed E-state index contributed by atoms with van der Waals surface area (Å²) < 4.78 is 46.2. The lowest BCUT2D eigenvalue weighted by Gasteiger charge is -2.16. The number of anilines is 3. The van der Waals surface area contributed by atoms with Crippen LogP contribution in [0.25, 0.3) is 41.8 Å². The number of nitrogens with one attached hydrogen (secondary N) is 1. The van der Waals surface area contributed by atoms with E-state index < -0.39 is 117 Å². The van der Waals surface area contributed by atoms with Crippen LogP contribution in [0, 0.1) is 76.0 Å². The Bertz CT molecular complexity index is 6780. The van der Waals surface area contributed by atoms with E-state index in [1.54, 1.807) is 161 Å². The molecule has 142 heavy (non-hydrogen) atoms. The lowest BCUT2D eigenvalue weighted by Crippen LogP contribution is -2.29. The Labute approximate surface area is 852 Å². The molecule has 0 aliphatic carbocycles. The van der Waals surface area contributed by atoms with E-state index in [-0.39, 0.29) is 95.6 Å². The van der Waals surface area contributed by atoms with Crippen molar-refractivity contribution in [2.24, 2.45) is 0 Å². The Morgan fingerprint density at radius 1 is 0.338 bits per heavy atom. The number of carbonyl (C=O) groups is 8. The van der Waals surface area contributed by atoms with Crippen LogP contribution >= 0.6 is 132 Å². The van der Waals surface area contributed by atoms with Crippen molar-refractivity contribution in [1.29, 1.82) is 0 Å². The van der Waals surface area contributed by atoms with Crippen molar-refractivity contribution in [1.82, 2.24) is 0 Å². The summed E-state index contributed by atoms with van der Waals surface area (Å²) in [5.74, 6) is -5.57. The third-order valence-corrected chi connectivity index (χ3v) is 29.8. The van der Waals surface area contributed by atoms with Crippen LogP contribution in [0.15, 0.2) is 194 Å². The molecule has 2 atom stereocenters. The van der Waals surface area contributed by atoms with Crippen molar-refractivity contribution >= 4 is 196 Å². The van der Waals surface area contributed by atoms with Gasteiger partial charge in [-0.1, -0.05) is 145 Å². The lowest BCUT2D eigenvalue weighted by molar-refractivity contribution is -0.789. The molecular formula is C87H75N9O34S12. The monoisotopic (exact) mass is 2170 g/mol. The van der Waals surface area contributed by atoms with Crippen molar-refractivity contribution in [2.75, 3.05) is 76.8 Å². The third-order valence-electron chi connectivity index (χ3n) is 18.1. The van der Waals surface area contributed by atoms with E-state index >= 15 is 0 Å². The topological polar surface area (TPSA) is 543 Å². The van der Waals surface area contributed by atoms with Crippen LogP contribution in [0.4, 0.5) is 17.1 Å². The molecule has 0 bridgehead atoms. The standard InChI is InChI=1S/C22H18N2O10S3.2C22H20N2O7S3.C21H17N3O10S3/c1-2-13-3-8-18(33-20(25)10-16(34-24(29)30)12-31-23(27)28)17(9-13)22(26)32-15-6-4-14(5-7-15)19-11-21(35)37-36-19;1-23(2)15-7-10-18(31-20(25)4-3-11-29-24(27)28)17(12-15)22(26)30-16-8-5-14(6-9-16)19-13-21(32)34-33-19;1-23(2)15-7-10-17(18(12-15)31-20(25)4-3-11-29-24(27)28)22(26)30-16-8-5-14(6-9-16)19-13-21(32)34-33-19;1-22-13-4-7-16(17(8-13)33-19(25)9-15(34-24(29)30)11-31-23(27)28)21(26)32-14-5-2-12(3-6-14)18-10-20(35)37-36-18/h3-9,11,16H,2,10,12H2,1H3;2*5-10,12-13H,3-4,11H2,1-2H3;2-8,10,15,22H,9,11H2,1H3. The number of benzene rings is 8. The number of hydrogen-bond donors (Lipinski definition) is 1. The number of nitrogens with zero attached hydrogens (tertiary/aromatic N) is 8. The molecule has 2 unspecified atom stereocenters. The van der Waals surface area contributed by atoms with Gasteiger partial charge in [0.05, 0.1) is 26.1 Å². The fourth-order valence-corrected chi connectivity index (χ4v) is 21.1. The SMILES string of the molecule is CCc1ccc(OC(=O)CC(CO[N+](=O)[O-])O[N+](=O)[O-])c(C(=O)Oc2ccc(-c3cc(=S)ss3)cc2)c1.CN(C)c1ccc(C(=O)Oc2ccc(-c3cc(=S)ss3)cc2)c(OC(=O)CCCO[N+](=O)[O-])c1.CN(C)c1ccc(OC(=O)CCCO[N+](=O)[O-])c(C(=O)Oc2ccc(-c3cc(=S)ss3)cc2)c1.CNc1ccc(C(=O)Oc2ccc(-c3cc(=S)ss3)cc2)c(OC(=O)CC(CO[N+](=O)[O-])O[N+](=O)[O-])c1. The Hall–Kier alpha value is -14.8. The first-order chi connectivity index (χ1) is 67.7. The van der Waals surface area contributed by atoms with Crippen molar-refractivity contribution in [2.45, 2.75) is 64.1 Å². The average Bonchev–Trinajstić information content (AvgIpc) is 1.28. The molecular weight excluding hydrogens is 2100 g/mol. The van der Waals surface area contributed by atoms with Gasteiger partial charge in [0.2, 0.25) is 0 Å². The van der Waals surface area contributed by atoms with Gasteiger partial charge in [0.25, 0.3) is 30.5 Å². The highest BCUT2D eigenvalue weighted by Crippen LogP contribution is 2.38. The molecule has 4 heterocycles. The molecule has 8 aromatic carbocycles. The van der Waals surface area contributed by atoms with Crippen LogP contribution in [0.3, 0.4) is 0 Å². The maximum atomic E-state index is 13.0. The minimum Gasteiger partial charge on any atom is -0.426 e. The highest BCUT2D eigenvalue weighted by Gasteiger charge is 2.29. The van der Waals surface area contributed by atoms with Crippen LogP contribution < -0.4 is 53.0 Å². The molecule has 0 amide bonds. The quantitative estimate of drug-likeness (QED) is 0.00705. The molecule has 43 nitrogen and oxygen atoms in total. The first kappa shape index (κ1) is 111. The number of ether oxygens (including phenoxy) is 8. The molecule has 0 radical (unpaired) electrons. The average molecular weight is 2180 g/mol. The Balaban J connectivity index is 0.000000211. The van der Waals surface area contributed by atoms with Gasteiger partial charge in [0.15, 0.2) is 0 Å². The normalized spacial score (nSPS) is 10.8. The summed E-state index contributed by atoms with van der Waals surface area (Å²) in [6.07, 6.45) is -4.21. The highest BCUT2D eigenvalue weighted by molar-refractivity contribution is 7.81. The molecule has 0 aliphatic rings. The fourth-order valence-electron chi connectivity index (χ4n) is 11.5. The summed E-state index contributed by atoms with van der Waals surface area (Å²) in [6.45, 7) is -0.354. The van der Waals surface area contributed by atoms with Crippen LogP contribution in [0.2, 0.25) is 0 Å². The van der Waals surface area contributed by atoms with Gasteiger partial charge in [-0.15, -0.1) is 60.7 Å². The molecule has 744 valence electrons. The van der Waals surface area contributed by atoms with E-state index in [2.05, 4.69) is 34.3 Å². The molecule has 0 spiro atoms. The van der Waals surface area contributed by atoms with Gasteiger partial charge >= 0.3 is 47.8 Å². The van der Waals surface area contributed by atoms with E-state index in [1.165, 1.54) is 98.4 Å². The summed E-state index contributed by atoms with van der Waals surface area (Å²) in [7, 11) is 21.0. The predicted molar refractivity (Wildman–Crippen MR) is 533 cm³/mol. The van der Waals surface area contributed by atoms with Crippen LogP contribution in [0.1, 0.15) is 92.4 Å². The van der Waals surface area contributed by atoms with Gasteiger partial charge in [-0.05, 0) is 223 Å². The van der Waals surface area contributed by atoms with Gasteiger partial charge in [-0.3, -0.25) is 19.2 Å². The second-order valence-corrected chi connectivity index (χ2v) is 40.1. The molecule has 0 saturated carbocycles. The molecule has 55 heteroatoms. The number of hydrogen-bond acceptors (Lipinski definition) is 49. The fraction of sp³-hybridized carbons (Fsp3) is 0.218. The van der Waals surface area contributed by atoms with Crippen molar-refractivity contribution < 1.29 is 136 Å². The van der Waals surface area contributed by atoms with Gasteiger partial charge in [0.1, 0.15) is 109 Å². The second kappa shape index (κ2) is 55.3. The molecule has 0 saturated heterocycles. The van der Waals surface area contributed by atoms with E-state index in [1.807, 2.05) is 69.6 Å². The summed E-state index contributed by atoms with van der Waals surface area (Å²) >= 11 is 20.6. The van der Waals surface area contributed by atoms with Crippen molar-refractivity contribution in [3.05, 3.63) is 298 Å². The lowest BCUT2D eigenvalue weighted by atomic mass is 10.1. The molecule has 4 aromatic heterocycles. The van der Waals surface area contributed by atoms with Gasteiger partial charge in [-0.25, -0.2) is 19.2 Å². The maximum absolute atomic E-state index is 13.0. The zero-order chi connectivity index (χ0) is 103. The Kier molecular flexibility index (Phi) is 43.1.